The number of rotatable bonds is 3. The molecule has 3 rings (SSSR count). The molecule has 0 spiro atoms. The van der Waals surface area contributed by atoms with Crippen LogP contribution in [0.3, 0.4) is 0 Å². The molecule has 1 aromatic rings. The van der Waals surface area contributed by atoms with Gasteiger partial charge in [0, 0.05) is 37.8 Å². The summed E-state index contributed by atoms with van der Waals surface area (Å²) < 4.78 is 0. The second-order valence-corrected chi connectivity index (χ2v) is 6.16. The van der Waals surface area contributed by atoms with Crippen molar-refractivity contribution in [2.24, 2.45) is 5.92 Å². The van der Waals surface area contributed by atoms with E-state index in [1.54, 1.807) is 12.1 Å². The molecule has 2 N–H and O–H groups in total. The summed E-state index contributed by atoms with van der Waals surface area (Å²) in [5, 5.41) is 22.9. The fourth-order valence-corrected chi connectivity index (χ4v) is 3.84. The highest BCUT2D eigenvalue weighted by Crippen LogP contribution is 2.42. The molecule has 1 heterocycles. The van der Waals surface area contributed by atoms with E-state index in [4.69, 9.17) is 5.26 Å². The van der Waals surface area contributed by atoms with E-state index in [1.165, 1.54) is 25.7 Å². The van der Waals surface area contributed by atoms with Crippen LogP contribution in [-0.2, 0) is 0 Å². The fourth-order valence-electron chi connectivity index (χ4n) is 3.84. The number of phenolic OH excluding ortho intramolecular Hbond substituents is 1. The molecule has 1 aliphatic carbocycles. The third kappa shape index (κ3) is 4.51. The Kier molecular flexibility index (Phi) is 8.15. The smallest absolute Gasteiger partial charge is 0.120 e. The number of nitrogens with one attached hydrogen (secondary N) is 1. The third-order valence-electron chi connectivity index (χ3n) is 4.87. The quantitative estimate of drug-likeness (QED) is 0.871. The minimum absolute atomic E-state index is 0. The monoisotopic (exact) mass is 357 g/mol. The lowest BCUT2D eigenvalue weighted by Crippen LogP contribution is -2.46. The van der Waals surface area contributed by atoms with E-state index in [9.17, 15) is 5.11 Å². The highest BCUT2D eigenvalue weighted by Gasteiger charge is 2.33. The van der Waals surface area contributed by atoms with Gasteiger partial charge in [-0.2, -0.15) is 5.26 Å². The molecule has 0 amide bonds. The highest BCUT2D eigenvalue weighted by molar-refractivity contribution is 5.85. The predicted octanol–water partition coefficient (Wildman–Crippen LogP) is 3.24. The molecule has 0 aromatic heterocycles. The molecule has 6 heteroatoms. The van der Waals surface area contributed by atoms with Crippen LogP contribution < -0.4 is 5.32 Å². The van der Waals surface area contributed by atoms with E-state index >= 15 is 0 Å². The first-order chi connectivity index (χ1) is 10.3. The maximum Gasteiger partial charge on any atom is 0.120 e. The summed E-state index contributed by atoms with van der Waals surface area (Å²) in [5.74, 6) is 0.937. The average Bonchev–Trinajstić information content (AvgIpc) is 3.04. The van der Waals surface area contributed by atoms with E-state index in [2.05, 4.69) is 16.3 Å². The van der Waals surface area contributed by atoms with E-state index < -0.39 is 0 Å². The minimum atomic E-state index is 0. The van der Waals surface area contributed by atoms with Crippen molar-refractivity contribution in [3.63, 3.8) is 0 Å². The van der Waals surface area contributed by atoms with Crippen molar-refractivity contribution in [2.75, 3.05) is 26.2 Å². The zero-order valence-corrected chi connectivity index (χ0v) is 14.8. The summed E-state index contributed by atoms with van der Waals surface area (Å²) in [5.41, 5.74) is 1.59. The molecule has 1 aliphatic heterocycles. The second kappa shape index (κ2) is 9.34. The van der Waals surface area contributed by atoms with Crippen LogP contribution in [-0.4, -0.2) is 36.2 Å². The van der Waals surface area contributed by atoms with Gasteiger partial charge in [-0.3, -0.25) is 4.90 Å². The van der Waals surface area contributed by atoms with Gasteiger partial charge in [-0.15, -0.1) is 24.8 Å². The van der Waals surface area contributed by atoms with Gasteiger partial charge in [-0.1, -0.05) is 12.8 Å². The molecule has 0 unspecified atom stereocenters. The molecule has 1 atom stereocenters. The van der Waals surface area contributed by atoms with Crippen LogP contribution >= 0.6 is 24.8 Å². The number of hydrogen-bond donors (Lipinski definition) is 2. The lowest BCUT2D eigenvalue weighted by atomic mass is 9.88. The Hall–Kier alpha value is -0.990. The summed E-state index contributed by atoms with van der Waals surface area (Å²) in [4.78, 5) is 2.49. The second-order valence-electron chi connectivity index (χ2n) is 6.16. The standard InChI is InChI=1S/C17H23N3O.2ClH/c18-12-13-5-6-16(21)15(11-13)17(14-3-1-2-4-14)20-9-7-19-8-10-20;;/h5-6,11,14,17,19,21H,1-4,7-10H2;2*1H/t17-;;/m1../s1. The summed E-state index contributed by atoms with van der Waals surface area (Å²) >= 11 is 0. The van der Waals surface area contributed by atoms with Crippen molar-refractivity contribution >= 4 is 24.8 Å². The molecule has 2 aliphatic rings. The lowest BCUT2D eigenvalue weighted by Gasteiger charge is -2.39. The van der Waals surface area contributed by atoms with E-state index in [0.717, 1.165) is 31.7 Å². The summed E-state index contributed by atoms with van der Waals surface area (Å²) in [6.45, 7) is 4.03. The molecule has 0 bridgehead atoms. The predicted molar refractivity (Wildman–Crippen MR) is 96.5 cm³/mol. The van der Waals surface area contributed by atoms with Crippen molar-refractivity contribution in [3.05, 3.63) is 29.3 Å². The third-order valence-corrected chi connectivity index (χ3v) is 4.87. The van der Waals surface area contributed by atoms with Gasteiger partial charge in [0.15, 0.2) is 0 Å². The maximum atomic E-state index is 10.3. The highest BCUT2D eigenvalue weighted by atomic mass is 35.5. The number of phenols is 1. The molecule has 2 fully saturated rings. The number of piperazine rings is 1. The molecular formula is C17H25Cl2N3O. The number of hydrogen-bond acceptors (Lipinski definition) is 4. The summed E-state index contributed by atoms with van der Waals surface area (Å²) in [6, 6.07) is 7.72. The first-order valence-electron chi connectivity index (χ1n) is 7.97. The van der Waals surface area contributed by atoms with Gasteiger partial charge in [0.05, 0.1) is 11.6 Å². The number of aromatic hydroxyl groups is 1. The van der Waals surface area contributed by atoms with E-state index in [-0.39, 0.29) is 30.9 Å². The topological polar surface area (TPSA) is 59.3 Å². The van der Waals surface area contributed by atoms with Crippen molar-refractivity contribution in [1.82, 2.24) is 10.2 Å². The Balaban J connectivity index is 0.00000132. The first kappa shape index (κ1) is 20.1. The molecule has 1 saturated heterocycles. The van der Waals surface area contributed by atoms with E-state index in [0.29, 0.717) is 17.2 Å². The largest absolute Gasteiger partial charge is 0.508 e. The van der Waals surface area contributed by atoms with Crippen molar-refractivity contribution in [3.8, 4) is 11.8 Å². The summed E-state index contributed by atoms with van der Waals surface area (Å²) in [6.07, 6.45) is 5.02. The van der Waals surface area contributed by atoms with Gasteiger partial charge in [0.2, 0.25) is 0 Å². The number of nitriles is 1. The Bertz CT molecular complexity index is 535. The SMILES string of the molecule is Cl.Cl.N#Cc1ccc(O)c([C@@H](C2CCCC2)N2CCNCC2)c1. The maximum absolute atomic E-state index is 10.3. The molecule has 23 heavy (non-hydrogen) atoms. The van der Waals surface area contributed by atoms with Crippen LogP contribution in [0.25, 0.3) is 0 Å². The Morgan fingerprint density at radius 1 is 1.17 bits per heavy atom. The van der Waals surface area contributed by atoms with Gasteiger partial charge in [0.25, 0.3) is 0 Å². The molecule has 0 radical (unpaired) electrons. The average molecular weight is 358 g/mol. The van der Waals surface area contributed by atoms with Crippen molar-refractivity contribution in [1.29, 1.82) is 5.26 Å². The van der Waals surface area contributed by atoms with Crippen LogP contribution in [0.2, 0.25) is 0 Å². The fraction of sp³-hybridized carbons (Fsp3) is 0.588. The van der Waals surface area contributed by atoms with Crippen LogP contribution in [0.15, 0.2) is 18.2 Å². The molecule has 4 nitrogen and oxygen atoms in total. The lowest BCUT2D eigenvalue weighted by molar-refractivity contribution is 0.123. The van der Waals surface area contributed by atoms with Crippen LogP contribution in [0.1, 0.15) is 42.9 Å². The van der Waals surface area contributed by atoms with Gasteiger partial charge in [0.1, 0.15) is 5.75 Å². The molecule has 1 aromatic carbocycles. The van der Waals surface area contributed by atoms with Crippen molar-refractivity contribution < 1.29 is 5.11 Å². The van der Waals surface area contributed by atoms with Crippen LogP contribution in [0.4, 0.5) is 0 Å². The van der Waals surface area contributed by atoms with Crippen molar-refractivity contribution in [2.45, 2.75) is 31.7 Å². The molecule has 1 saturated carbocycles. The Morgan fingerprint density at radius 3 is 2.43 bits per heavy atom. The Labute approximate surface area is 150 Å². The van der Waals surface area contributed by atoms with E-state index in [1.807, 2.05) is 6.07 Å². The first-order valence-corrected chi connectivity index (χ1v) is 7.97. The zero-order chi connectivity index (χ0) is 14.7. The number of nitrogens with zero attached hydrogens (tertiary/aromatic N) is 2. The number of benzene rings is 1. The van der Waals surface area contributed by atoms with Crippen LogP contribution in [0, 0.1) is 17.2 Å². The van der Waals surface area contributed by atoms with Gasteiger partial charge < -0.3 is 10.4 Å². The Morgan fingerprint density at radius 2 is 1.83 bits per heavy atom. The molecular weight excluding hydrogens is 333 g/mol. The normalized spacial score (nSPS) is 20.1. The zero-order valence-electron chi connectivity index (χ0n) is 13.2. The minimum Gasteiger partial charge on any atom is -0.508 e. The van der Waals surface area contributed by atoms with Gasteiger partial charge >= 0.3 is 0 Å². The van der Waals surface area contributed by atoms with Crippen LogP contribution in [0.5, 0.6) is 5.75 Å². The van der Waals surface area contributed by atoms with Gasteiger partial charge in [-0.25, -0.2) is 0 Å². The number of halogens is 2. The summed E-state index contributed by atoms with van der Waals surface area (Å²) in [7, 11) is 0. The molecule has 128 valence electrons. The van der Waals surface area contributed by atoms with Gasteiger partial charge in [-0.05, 0) is 37.0 Å².